The summed E-state index contributed by atoms with van der Waals surface area (Å²) in [5.41, 5.74) is 1.73. The fourth-order valence-electron chi connectivity index (χ4n) is 4.17. The SMILES string of the molecule is CC(C)S(=O)(=O)c1ccccc1Nc1nc(Nc2ccc3c(NC(=O)CN4CCOCC4)n[nH]c3c2)ncc1Cl. The number of halogens is 1. The summed E-state index contributed by atoms with van der Waals surface area (Å²) in [6, 6.07) is 12.1. The number of carbonyl (C=O) groups is 1. The molecule has 0 unspecified atom stereocenters. The second kappa shape index (κ2) is 11.8. The van der Waals surface area contributed by atoms with E-state index in [0.717, 1.165) is 18.5 Å². The molecule has 40 heavy (non-hydrogen) atoms. The van der Waals surface area contributed by atoms with Gasteiger partial charge in [0.1, 0.15) is 5.02 Å². The zero-order chi connectivity index (χ0) is 28.3. The normalized spacial score (nSPS) is 14.4. The summed E-state index contributed by atoms with van der Waals surface area (Å²) in [6.07, 6.45) is 1.43. The van der Waals surface area contributed by atoms with Crippen LogP contribution in [0.1, 0.15) is 13.8 Å². The number of aromatic amines is 1. The Balaban J connectivity index is 1.31. The van der Waals surface area contributed by atoms with Crippen molar-refractivity contribution in [3.8, 4) is 0 Å². The first-order chi connectivity index (χ1) is 19.2. The van der Waals surface area contributed by atoms with E-state index in [1.54, 1.807) is 38.1 Å². The summed E-state index contributed by atoms with van der Waals surface area (Å²) in [6.45, 7) is 6.22. The number of nitrogens with zero attached hydrogens (tertiary/aromatic N) is 4. The quantitative estimate of drug-likeness (QED) is 0.227. The third-order valence-corrected chi connectivity index (χ3v) is 8.85. The lowest BCUT2D eigenvalue weighted by atomic mass is 10.2. The number of anilines is 5. The first kappa shape index (κ1) is 27.8. The number of para-hydroxylation sites is 1. The maximum absolute atomic E-state index is 12.8. The summed E-state index contributed by atoms with van der Waals surface area (Å²) >= 11 is 6.34. The maximum Gasteiger partial charge on any atom is 0.239 e. The van der Waals surface area contributed by atoms with Crippen LogP contribution < -0.4 is 16.0 Å². The molecule has 3 heterocycles. The van der Waals surface area contributed by atoms with E-state index in [-0.39, 0.29) is 34.1 Å². The van der Waals surface area contributed by atoms with Crippen LogP contribution in [0.3, 0.4) is 0 Å². The van der Waals surface area contributed by atoms with Crippen LogP contribution in [0.2, 0.25) is 5.02 Å². The minimum absolute atomic E-state index is 0.144. The molecule has 0 atom stereocenters. The number of morpholine rings is 1. The van der Waals surface area contributed by atoms with Gasteiger partial charge in [-0.1, -0.05) is 23.7 Å². The van der Waals surface area contributed by atoms with E-state index in [4.69, 9.17) is 16.3 Å². The molecule has 0 saturated carbocycles. The largest absolute Gasteiger partial charge is 0.379 e. The Morgan fingerprint density at radius 2 is 1.90 bits per heavy atom. The third kappa shape index (κ3) is 6.17. The van der Waals surface area contributed by atoms with Crippen molar-refractivity contribution in [2.24, 2.45) is 0 Å². The number of rotatable bonds is 9. The molecule has 1 saturated heterocycles. The molecule has 4 N–H and O–H groups in total. The van der Waals surface area contributed by atoms with Crippen molar-refractivity contribution in [3.05, 3.63) is 53.7 Å². The zero-order valence-corrected chi connectivity index (χ0v) is 23.5. The molecule has 210 valence electrons. The van der Waals surface area contributed by atoms with Gasteiger partial charge in [-0.05, 0) is 44.2 Å². The van der Waals surface area contributed by atoms with Crippen LogP contribution in [-0.2, 0) is 19.4 Å². The van der Waals surface area contributed by atoms with Gasteiger partial charge in [-0.3, -0.25) is 14.8 Å². The average molecular weight is 585 g/mol. The summed E-state index contributed by atoms with van der Waals surface area (Å²) in [4.78, 5) is 23.4. The highest BCUT2D eigenvalue weighted by Gasteiger charge is 2.23. The molecule has 1 aliphatic heterocycles. The molecule has 2 aromatic heterocycles. The van der Waals surface area contributed by atoms with Gasteiger partial charge in [0.15, 0.2) is 21.5 Å². The molecule has 0 aliphatic carbocycles. The molecule has 5 rings (SSSR count). The summed E-state index contributed by atoms with van der Waals surface area (Å²) in [5, 5.41) is 16.6. The van der Waals surface area contributed by atoms with E-state index < -0.39 is 15.1 Å². The summed E-state index contributed by atoms with van der Waals surface area (Å²) in [7, 11) is -3.54. The molecule has 1 fully saturated rings. The number of carbonyl (C=O) groups excluding carboxylic acids is 1. The molecular formula is C26H29ClN8O4S. The van der Waals surface area contributed by atoms with Crippen LogP contribution in [0.25, 0.3) is 10.9 Å². The molecular weight excluding hydrogens is 556 g/mol. The van der Waals surface area contributed by atoms with Gasteiger partial charge in [-0.15, -0.1) is 0 Å². The van der Waals surface area contributed by atoms with Gasteiger partial charge in [-0.2, -0.15) is 10.1 Å². The number of H-pyrrole nitrogens is 1. The highest BCUT2D eigenvalue weighted by molar-refractivity contribution is 7.92. The Bertz CT molecular complexity index is 1640. The second-order valence-electron chi connectivity index (χ2n) is 9.50. The Kier molecular flexibility index (Phi) is 8.17. The molecule has 12 nitrogen and oxygen atoms in total. The average Bonchev–Trinajstić information content (AvgIpc) is 3.32. The van der Waals surface area contributed by atoms with Crippen LogP contribution >= 0.6 is 11.6 Å². The smallest absolute Gasteiger partial charge is 0.239 e. The summed E-state index contributed by atoms with van der Waals surface area (Å²) in [5.74, 6) is 0.798. The highest BCUT2D eigenvalue weighted by atomic mass is 35.5. The molecule has 2 aromatic carbocycles. The number of sulfone groups is 1. The van der Waals surface area contributed by atoms with Crippen molar-refractivity contribution in [1.82, 2.24) is 25.1 Å². The zero-order valence-electron chi connectivity index (χ0n) is 21.9. The van der Waals surface area contributed by atoms with Gasteiger partial charge in [0.2, 0.25) is 11.9 Å². The lowest BCUT2D eigenvalue weighted by Gasteiger charge is -2.25. The van der Waals surface area contributed by atoms with Crippen molar-refractivity contribution in [3.63, 3.8) is 0 Å². The molecule has 0 spiro atoms. The number of hydrogen-bond acceptors (Lipinski definition) is 10. The van der Waals surface area contributed by atoms with Gasteiger partial charge < -0.3 is 20.7 Å². The minimum Gasteiger partial charge on any atom is -0.379 e. The lowest BCUT2D eigenvalue weighted by Crippen LogP contribution is -2.41. The molecule has 0 bridgehead atoms. The molecule has 14 heteroatoms. The predicted molar refractivity (Wildman–Crippen MR) is 154 cm³/mol. The lowest BCUT2D eigenvalue weighted by molar-refractivity contribution is -0.118. The Labute approximate surface area is 236 Å². The van der Waals surface area contributed by atoms with Gasteiger partial charge in [0.05, 0.1) is 47.3 Å². The number of amides is 1. The van der Waals surface area contributed by atoms with Crippen LogP contribution in [0.5, 0.6) is 0 Å². The van der Waals surface area contributed by atoms with Gasteiger partial charge in [-0.25, -0.2) is 13.4 Å². The van der Waals surface area contributed by atoms with E-state index in [9.17, 15) is 13.2 Å². The second-order valence-corrected chi connectivity index (χ2v) is 12.4. The van der Waals surface area contributed by atoms with E-state index in [2.05, 4.69) is 36.1 Å². The Hall–Kier alpha value is -3.78. The fourth-order valence-corrected chi connectivity index (χ4v) is 5.51. The van der Waals surface area contributed by atoms with Crippen molar-refractivity contribution in [2.45, 2.75) is 24.0 Å². The Morgan fingerprint density at radius 1 is 1.12 bits per heavy atom. The van der Waals surface area contributed by atoms with E-state index in [0.29, 0.717) is 35.9 Å². The first-order valence-electron chi connectivity index (χ1n) is 12.7. The van der Waals surface area contributed by atoms with Gasteiger partial charge >= 0.3 is 0 Å². The molecule has 1 amide bonds. The fraction of sp³-hybridized carbons (Fsp3) is 0.308. The maximum atomic E-state index is 12.8. The number of ether oxygens (including phenoxy) is 1. The molecule has 4 aromatic rings. The summed E-state index contributed by atoms with van der Waals surface area (Å²) < 4.78 is 31.0. The minimum atomic E-state index is -3.54. The predicted octanol–water partition coefficient (Wildman–Crippen LogP) is 3.95. The standard InChI is InChI=1S/C26H29ClN8O4S/c1-16(2)40(37,38)22-6-4-3-5-20(22)30-25-19(27)14-28-26(32-25)29-17-7-8-18-21(13-17)33-34-24(18)31-23(36)15-35-9-11-39-12-10-35/h3-8,13-14,16H,9-12,15H2,1-2H3,(H2,28,29,30,32)(H2,31,33,34,36). The molecule has 0 radical (unpaired) electrons. The highest BCUT2D eigenvalue weighted by Crippen LogP contribution is 2.31. The molecule has 1 aliphatic rings. The van der Waals surface area contributed by atoms with E-state index in [1.807, 2.05) is 23.1 Å². The van der Waals surface area contributed by atoms with Crippen molar-refractivity contribution >= 4 is 67.2 Å². The van der Waals surface area contributed by atoms with Crippen LogP contribution in [0, 0.1) is 0 Å². The topological polar surface area (TPSA) is 154 Å². The number of nitrogens with one attached hydrogen (secondary N) is 4. The number of aromatic nitrogens is 4. The van der Waals surface area contributed by atoms with E-state index >= 15 is 0 Å². The van der Waals surface area contributed by atoms with Crippen LogP contribution in [0.4, 0.5) is 29.0 Å². The number of hydrogen-bond donors (Lipinski definition) is 4. The third-order valence-electron chi connectivity index (χ3n) is 6.36. The monoisotopic (exact) mass is 584 g/mol. The van der Waals surface area contributed by atoms with Crippen molar-refractivity contribution < 1.29 is 17.9 Å². The van der Waals surface area contributed by atoms with E-state index in [1.165, 1.54) is 6.20 Å². The van der Waals surface area contributed by atoms with Gasteiger partial charge in [0.25, 0.3) is 0 Å². The van der Waals surface area contributed by atoms with Crippen molar-refractivity contribution in [2.75, 3.05) is 48.8 Å². The Morgan fingerprint density at radius 3 is 2.67 bits per heavy atom. The number of benzene rings is 2. The van der Waals surface area contributed by atoms with Gasteiger partial charge in [0, 0.05) is 24.2 Å². The van der Waals surface area contributed by atoms with Crippen LogP contribution in [0.15, 0.2) is 53.6 Å². The van der Waals surface area contributed by atoms with Crippen LogP contribution in [-0.4, -0.2) is 77.5 Å². The van der Waals surface area contributed by atoms with Crippen molar-refractivity contribution in [1.29, 1.82) is 0 Å². The first-order valence-corrected chi connectivity index (χ1v) is 14.6. The number of fused-ring (bicyclic) bond motifs is 1.